The lowest BCUT2D eigenvalue weighted by atomic mass is 9.84. The number of allylic oxidation sites excluding steroid dienone is 5. The van der Waals surface area contributed by atoms with E-state index in [-0.39, 0.29) is 5.92 Å². The normalized spacial score (nSPS) is 15.6. The molecule has 34 heavy (non-hydrogen) atoms. The van der Waals surface area contributed by atoms with Gasteiger partial charge in [0.2, 0.25) is 0 Å². The summed E-state index contributed by atoms with van der Waals surface area (Å²) in [6.07, 6.45) is 11.5. The van der Waals surface area contributed by atoms with Gasteiger partial charge >= 0.3 is 0 Å². The van der Waals surface area contributed by atoms with Crippen LogP contribution in [-0.2, 0) is 0 Å². The van der Waals surface area contributed by atoms with E-state index in [1.165, 1.54) is 16.3 Å². The highest BCUT2D eigenvalue weighted by atomic mass is 14.6. The molecule has 2 nitrogen and oxygen atoms in total. The van der Waals surface area contributed by atoms with E-state index in [1.807, 2.05) is 43.3 Å². The van der Waals surface area contributed by atoms with Crippen LogP contribution >= 0.6 is 0 Å². The summed E-state index contributed by atoms with van der Waals surface area (Å²) in [6, 6.07) is 29.2. The zero-order valence-corrected chi connectivity index (χ0v) is 19.3. The SMILES string of the molecule is C/C=C\c1cccc(-c2ccc(C3C=CC(C(=N)c4ccccc4)=CC3)c3ccccc23)c1N. The Morgan fingerprint density at radius 2 is 1.62 bits per heavy atom. The molecule has 1 aliphatic carbocycles. The second-order valence-corrected chi connectivity index (χ2v) is 8.66. The fourth-order valence-electron chi connectivity index (χ4n) is 4.83. The quantitative estimate of drug-likeness (QED) is 0.239. The number of fused-ring (bicyclic) bond motifs is 1. The van der Waals surface area contributed by atoms with Gasteiger partial charge in [-0.3, -0.25) is 5.41 Å². The van der Waals surface area contributed by atoms with Crippen molar-refractivity contribution in [3.63, 3.8) is 0 Å². The van der Waals surface area contributed by atoms with Crippen molar-refractivity contribution in [1.82, 2.24) is 0 Å². The van der Waals surface area contributed by atoms with Crippen LogP contribution in [0.1, 0.15) is 36.0 Å². The topological polar surface area (TPSA) is 49.9 Å². The van der Waals surface area contributed by atoms with Gasteiger partial charge in [0.25, 0.3) is 0 Å². The van der Waals surface area contributed by atoms with E-state index < -0.39 is 0 Å². The second kappa shape index (κ2) is 9.36. The molecule has 0 saturated carbocycles. The van der Waals surface area contributed by atoms with Gasteiger partial charge in [0.05, 0.1) is 5.71 Å². The smallest absolute Gasteiger partial charge is 0.0681 e. The third kappa shape index (κ3) is 3.99. The maximum Gasteiger partial charge on any atom is 0.0681 e. The molecule has 0 fully saturated rings. The molecular weight excluding hydrogens is 412 g/mol. The second-order valence-electron chi connectivity index (χ2n) is 8.66. The molecule has 0 radical (unpaired) electrons. The first-order chi connectivity index (χ1) is 16.7. The summed E-state index contributed by atoms with van der Waals surface area (Å²) in [5.74, 6) is 0.276. The average Bonchev–Trinajstić information content (AvgIpc) is 2.90. The predicted molar refractivity (Wildman–Crippen MR) is 146 cm³/mol. The fourth-order valence-corrected chi connectivity index (χ4v) is 4.83. The highest BCUT2D eigenvalue weighted by Crippen LogP contribution is 2.39. The molecule has 166 valence electrons. The van der Waals surface area contributed by atoms with Gasteiger partial charge in [0, 0.05) is 17.2 Å². The van der Waals surface area contributed by atoms with Gasteiger partial charge in [-0.25, -0.2) is 0 Å². The van der Waals surface area contributed by atoms with Gasteiger partial charge in [-0.1, -0.05) is 115 Å². The molecule has 3 N–H and O–H groups in total. The number of para-hydroxylation sites is 1. The Bertz CT molecular complexity index is 1460. The molecule has 2 heteroatoms. The molecule has 4 aromatic rings. The molecule has 0 heterocycles. The molecule has 0 amide bonds. The van der Waals surface area contributed by atoms with Crippen LogP contribution in [0.4, 0.5) is 5.69 Å². The van der Waals surface area contributed by atoms with Crippen LogP contribution in [0, 0.1) is 5.41 Å². The van der Waals surface area contributed by atoms with Gasteiger partial charge in [0.1, 0.15) is 0 Å². The molecular formula is C32H28N2. The highest BCUT2D eigenvalue weighted by molar-refractivity contribution is 6.12. The van der Waals surface area contributed by atoms with Crippen LogP contribution in [0.5, 0.6) is 0 Å². The van der Waals surface area contributed by atoms with Gasteiger partial charge in [-0.2, -0.15) is 0 Å². The van der Waals surface area contributed by atoms with Crippen molar-refractivity contribution >= 4 is 28.2 Å². The van der Waals surface area contributed by atoms with E-state index in [4.69, 9.17) is 11.1 Å². The van der Waals surface area contributed by atoms with Gasteiger partial charge in [0.15, 0.2) is 0 Å². The minimum Gasteiger partial charge on any atom is -0.398 e. The Hall–Kier alpha value is -4.17. The summed E-state index contributed by atoms with van der Waals surface area (Å²) < 4.78 is 0. The Morgan fingerprint density at radius 1 is 0.853 bits per heavy atom. The Kier molecular flexibility index (Phi) is 5.97. The molecule has 1 atom stereocenters. The zero-order chi connectivity index (χ0) is 23.5. The van der Waals surface area contributed by atoms with E-state index in [0.717, 1.165) is 39.9 Å². The van der Waals surface area contributed by atoms with Crippen LogP contribution < -0.4 is 5.73 Å². The standard InChI is InChI=1S/C32H28N2/c1-2-9-23-12-8-15-30(32(23)34)29-21-20-26(27-13-6-7-14-28(27)29)22-16-18-25(19-17-22)31(33)24-10-4-3-5-11-24/h2-16,18-22,33H,17,34H2,1H3/b9-2-,33-31?. The highest BCUT2D eigenvalue weighted by Gasteiger charge is 2.18. The number of nitrogens with two attached hydrogens (primary N) is 1. The van der Waals surface area contributed by atoms with Crippen molar-refractivity contribution < 1.29 is 0 Å². The van der Waals surface area contributed by atoms with E-state index in [0.29, 0.717) is 5.71 Å². The van der Waals surface area contributed by atoms with E-state index >= 15 is 0 Å². The number of nitrogens with one attached hydrogen (secondary N) is 1. The third-order valence-electron chi connectivity index (χ3n) is 6.58. The molecule has 0 aromatic heterocycles. The number of rotatable bonds is 5. The Balaban J connectivity index is 1.51. The first-order valence-electron chi connectivity index (χ1n) is 11.7. The van der Waals surface area contributed by atoms with Crippen molar-refractivity contribution in [1.29, 1.82) is 5.41 Å². The lowest BCUT2D eigenvalue weighted by Crippen LogP contribution is -2.07. The van der Waals surface area contributed by atoms with E-state index in [1.54, 1.807) is 0 Å². The molecule has 0 aliphatic heterocycles. The largest absolute Gasteiger partial charge is 0.398 e. The van der Waals surface area contributed by atoms with Crippen LogP contribution in [0.3, 0.4) is 0 Å². The summed E-state index contributed by atoms with van der Waals surface area (Å²) in [5, 5.41) is 11.0. The minimum atomic E-state index is 0.276. The number of benzene rings is 4. The molecule has 0 bridgehead atoms. The molecule has 5 rings (SSSR count). The maximum atomic E-state index is 8.58. The van der Waals surface area contributed by atoms with Crippen LogP contribution in [0.2, 0.25) is 0 Å². The predicted octanol–water partition coefficient (Wildman–Crippen LogP) is 8.16. The van der Waals surface area contributed by atoms with Crippen LogP contribution in [0.25, 0.3) is 28.0 Å². The summed E-state index contributed by atoms with van der Waals surface area (Å²) in [6.45, 7) is 2.01. The molecule has 0 spiro atoms. The third-order valence-corrected chi connectivity index (χ3v) is 6.58. The lowest BCUT2D eigenvalue weighted by molar-refractivity contribution is 0.858. The maximum absolute atomic E-state index is 8.58. The van der Waals surface area contributed by atoms with Crippen molar-refractivity contribution in [3.05, 3.63) is 131 Å². The molecule has 1 aliphatic rings. The fraction of sp³-hybridized carbons (Fsp3) is 0.0938. The molecule has 1 unspecified atom stereocenters. The minimum absolute atomic E-state index is 0.276. The zero-order valence-electron chi connectivity index (χ0n) is 19.3. The van der Waals surface area contributed by atoms with E-state index in [2.05, 4.69) is 78.9 Å². The van der Waals surface area contributed by atoms with Crippen molar-refractivity contribution in [2.24, 2.45) is 0 Å². The number of hydrogen-bond donors (Lipinski definition) is 2. The summed E-state index contributed by atoms with van der Waals surface area (Å²) >= 11 is 0. The number of hydrogen-bond acceptors (Lipinski definition) is 2. The summed E-state index contributed by atoms with van der Waals surface area (Å²) in [7, 11) is 0. The van der Waals surface area contributed by atoms with Gasteiger partial charge in [-0.05, 0) is 51.9 Å². The monoisotopic (exact) mass is 440 g/mol. The number of anilines is 1. The van der Waals surface area contributed by atoms with Crippen molar-refractivity contribution in [3.8, 4) is 11.1 Å². The Morgan fingerprint density at radius 3 is 2.35 bits per heavy atom. The first kappa shape index (κ1) is 21.7. The van der Waals surface area contributed by atoms with E-state index in [9.17, 15) is 0 Å². The van der Waals surface area contributed by atoms with Crippen molar-refractivity contribution in [2.75, 3.05) is 5.73 Å². The van der Waals surface area contributed by atoms with Crippen LogP contribution in [0.15, 0.2) is 115 Å². The average molecular weight is 441 g/mol. The molecule has 4 aromatic carbocycles. The number of nitrogen functional groups attached to an aromatic ring is 1. The summed E-state index contributed by atoms with van der Waals surface area (Å²) in [5.41, 5.74) is 14.5. The van der Waals surface area contributed by atoms with Gasteiger partial charge in [-0.15, -0.1) is 0 Å². The first-order valence-corrected chi connectivity index (χ1v) is 11.7. The Labute approximate surface area is 201 Å². The lowest BCUT2D eigenvalue weighted by Gasteiger charge is -2.21. The molecule has 0 saturated heterocycles. The van der Waals surface area contributed by atoms with Crippen LogP contribution in [-0.4, -0.2) is 5.71 Å². The van der Waals surface area contributed by atoms with Gasteiger partial charge < -0.3 is 5.73 Å². The summed E-state index contributed by atoms with van der Waals surface area (Å²) in [4.78, 5) is 0. The van der Waals surface area contributed by atoms with Crippen molar-refractivity contribution in [2.45, 2.75) is 19.3 Å².